The number of carbonyl (C=O) groups is 2. The largest absolute Gasteiger partial charge is 0.343 e. The van der Waals surface area contributed by atoms with E-state index in [1.807, 2.05) is 15.7 Å². The molecule has 1 saturated heterocycles. The van der Waals surface area contributed by atoms with Gasteiger partial charge in [0.05, 0.1) is 6.54 Å². The molecule has 22 heavy (non-hydrogen) atoms. The lowest BCUT2D eigenvalue weighted by molar-refractivity contribution is -0.133. The van der Waals surface area contributed by atoms with E-state index in [0.717, 1.165) is 38.2 Å². The zero-order valence-electron chi connectivity index (χ0n) is 13.9. The van der Waals surface area contributed by atoms with Crippen LogP contribution in [0, 0.1) is 11.8 Å². The zero-order valence-corrected chi connectivity index (χ0v) is 13.9. The number of aromatic nitrogens is 2. The highest BCUT2D eigenvalue weighted by atomic mass is 16.2. The van der Waals surface area contributed by atoms with Gasteiger partial charge in [-0.1, -0.05) is 13.8 Å². The number of hydrogen-bond donors (Lipinski definition) is 0. The van der Waals surface area contributed by atoms with Gasteiger partial charge < -0.3 is 9.47 Å². The average Bonchev–Trinajstić information content (AvgIpc) is 2.85. The van der Waals surface area contributed by atoms with E-state index in [-0.39, 0.29) is 11.7 Å². The Kier molecular flexibility index (Phi) is 5.75. The van der Waals surface area contributed by atoms with E-state index in [1.165, 1.54) is 0 Å². The number of rotatable bonds is 6. The molecule has 0 saturated carbocycles. The molecule has 2 rings (SSSR count). The van der Waals surface area contributed by atoms with Crippen LogP contribution in [-0.2, 0) is 22.6 Å². The highest BCUT2D eigenvalue weighted by Gasteiger charge is 2.24. The van der Waals surface area contributed by atoms with E-state index in [9.17, 15) is 9.59 Å². The first-order valence-corrected chi connectivity index (χ1v) is 8.23. The summed E-state index contributed by atoms with van der Waals surface area (Å²) in [5.41, 5.74) is 0. The number of nitrogens with zero attached hydrogens (tertiary/aromatic N) is 3. The number of hydrogen-bond acceptors (Lipinski definition) is 3. The molecule has 1 amide bonds. The van der Waals surface area contributed by atoms with Gasteiger partial charge in [-0.2, -0.15) is 0 Å². The number of carbonyl (C=O) groups excluding carboxylic acids is 2. The molecule has 2 heterocycles. The third kappa shape index (κ3) is 4.68. The predicted molar refractivity (Wildman–Crippen MR) is 85.4 cm³/mol. The Labute approximate surface area is 132 Å². The molecule has 0 aromatic carbocycles. The first-order valence-electron chi connectivity index (χ1n) is 8.23. The van der Waals surface area contributed by atoms with Gasteiger partial charge in [0, 0.05) is 38.3 Å². The van der Waals surface area contributed by atoms with Crippen LogP contribution in [0.5, 0.6) is 0 Å². The van der Waals surface area contributed by atoms with Crippen molar-refractivity contribution in [3.8, 4) is 0 Å². The summed E-state index contributed by atoms with van der Waals surface area (Å²) in [6, 6.07) is 0. The Bertz CT molecular complexity index is 514. The predicted octanol–water partition coefficient (Wildman–Crippen LogP) is 2.30. The first kappa shape index (κ1) is 16.7. The molecule has 1 aliphatic rings. The smallest absolute Gasteiger partial charge is 0.222 e. The molecule has 0 N–H and O–H groups in total. The molecule has 0 unspecified atom stereocenters. The maximum Gasteiger partial charge on any atom is 0.222 e. The highest BCUT2D eigenvalue weighted by Crippen LogP contribution is 2.22. The summed E-state index contributed by atoms with van der Waals surface area (Å²) in [6.45, 7) is 7.87. The molecule has 0 bridgehead atoms. The van der Waals surface area contributed by atoms with Gasteiger partial charge in [-0.15, -0.1) is 0 Å². The second-order valence-electron chi connectivity index (χ2n) is 6.80. The van der Waals surface area contributed by atoms with Gasteiger partial charge in [0.15, 0.2) is 0 Å². The van der Waals surface area contributed by atoms with E-state index in [2.05, 4.69) is 18.8 Å². The van der Waals surface area contributed by atoms with Crippen LogP contribution in [0.3, 0.4) is 0 Å². The minimum absolute atomic E-state index is 0.147. The van der Waals surface area contributed by atoms with Crippen LogP contribution in [0.15, 0.2) is 12.4 Å². The average molecular weight is 305 g/mol. The molecule has 1 fully saturated rings. The third-order valence-corrected chi connectivity index (χ3v) is 4.22. The van der Waals surface area contributed by atoms with Crippen molar-refractivity contribution >= 4 is 11.7 Å². The Hall–Kier alpha value is -1.65. The fourth-order valence-corrected chi connectivity index (χ4v) is 3.04. The summed E-state index contributed by atoms with van der Waals surface area (Å²) >= 11 is 0. The maximum absolute atomic E-state index is 12.1. The standard InChI is InChI=1S/C17H27N3O2/c1-13(2)10-17(22)19-7-4-15(5-8-19)11-16-18-6-9-20(16)12-14(3)21/h6,9,13,15H,4-5,7-8,10-12H2,1-3H3. The van der Waals surface area contributed by atoms with Crippen LogP contribution < -0.4 is 0 Å². The summed E-state index contributed by atoms with van der Waals surface area (Å²) in [4.78, 5) is 29.7. The van der Waals surface area contributed by atoms with Crippen molar-refractivity contribution in [2.75, 3.05) is 13.1 Å². The van der Waals surface area contributed by atoms with Crippen LogP contribution in [0.2, 0.25) is 0 Å². The van der Waals surface area contributed by atoms with Crippen molar-refractivity contribution < 1.29 is 9.59 Å². The van der Waals surface area contributed by atoms with Crippen molar-refractivity contribution in [2.45, 2.75) is 53.0 Å². The fourth-order valence-electron chi connectivity index (χ4n) is 3.04. The Morgan fingerprint density at radius 2 is 2.00 bits per heavy atom. The molecule has 0 spiro atoms. The van der Waals surface area contributed by atoms with Crippen molar-refractivity contribution in [3.05, 3.63) is 18.2 Å². The van der Waals surface area contributed by atoms with Crippen molar-refractivity contribution in [3.63, 3.8) is 0 Å². The van der Waals surface area contributed by atoms with E-state index < -0.39 is 0 Å². The van der Waals surface area contributed by atoms with Gasteiger partial charge in [-0.05, 0) is 31.6 Å². The quantitative estimate of drug-likeness (QED) is 0.810. The fraction of sp³-hybridized carbons (Fsp3) is 0.706. The van der Waals surface area contributed by atoms with Crippen molar-refractivity contribution in [2.24, 2.45) is 11.8 Å². The minimum atomic E-state index is 0.147. The first-order chi connectivity index (χ1) is 10.5. The van der Waals surface area contributed by atoms with Gasteiger partial charge in [-0.25, -0.2) is 4.98 Å². The lowest BCUT2D eigenvalue weighted by Gasteiger charge is -2.32. The number of ketones is 1. The normalized spacial score (nSPS) is 16.3. The molecule has 0 radical (unpaired) electrons. The second kappa shape index (κ2) is 7.56. The number of imidazole rings is 1. The number of likely N-dealkylation sites (tertiary alicyclic amines) is 1. The van der Waals surface area contributed by atoms with Gasteiger partial charge >= 0.3 is 0 Å². The van der Waals surface area contributed by atoms with Gasteiger partial charge in [0.1, 0.15) is 11.6 Å². The Morgan fingerprint density at radius 3 is 2.59 bits per heavy atom. The number of Topliss-reactive ketones (excluding diaryl/α,β-unsaturated/α-hetero) is 1. The molecule has 1 aromatic rings. The molecule has 0 aliphatic carbocycles. The molecule has 1 aromatic heterocycles. The summed E-state index contributed by atoms with van der Waals surface area (Å²) in [6.07, 6.45) is 7.23. The maximum atomic E-state index is 12.1. The van der Waals surface area contributed by atoms with E-state index >= 15 is 0 Å². The number of amides is 1. The highest BCUT2D eigenvalue weighted by molar-refractivity contribution is 5.76. The lowest BCUT2D eigenvalue weighted by Crippen LogP contribution is -2.39. The molecule has 1 aliphatic heterocycles. The molecule has 5 nitrogen and oxygen atoms in total. The molecular formula is C17H27N3O2. The topological polar surface area (TPSA) is 55.2 Å². The monoisotopic (exact) mass is 305 g/mol. The van der Waals surface area contributed by atoms with Gasteiger partial charge in [-0.3, -0.25) is 9.59 Å². The lowest BCUT2D eigenvalue weighted by atomic mass is 9.92. The summed E-state index contributed by atoms with van der Waals surface area (Å²) in [5.74, 6) is 2.39. The summed E-state index contributed by atoms with van der Waals surface area (Å²) < 4.78 is 1.94. The van der Waals surface area contributed by atoms with Crippen molar-refractivity contribution in [1.29, 1.82) is 0 Å². The minimum Gasteiger partial charge on any atom is -0.343 e. The van der Waals surface area contributed by atoms with E-state index in [4.69, 9.17) is 0 Å². The second-order valence-corrected chi connectivity index (χ2v) is 6.80. The van der Waals surface area contributed by atoms with Gasteiger partial charge in [0.25, 0.3) is 0 Å². The van der Waals surface area contributed by atoms with E-state index in [1.54, 1.807) is 13.1 Å². The Balaban J connectivity index is 1.84. The van der Waals surface area contributed by atoms with Crippen LogP contribution in [0.1, 0.15) is 45.9 Å². The number of piperidine rings is 1. The SMILES string of the molecule is CC(=O)Cn1ccnc1CC1CCN(C(=O)CC(C)C)CC1. The molecule has 0 atom stereocenters. The van der Waals surface area contributed by atoms with Crippen LogP contribution >= 0.6 is 0 Å². The molecular weight excluding hydrogens is 278 g/mol. The van der Waals surface area contributed by atoms with Crippen molar-refractivity contribution in [1.82, 2.24) is 14.5 Å². The van der Waals surface area contributed by atoms with E-state index in [0.29, 0.717) is 24.8 Å². The summed E-state index contributed by atoms with van der Waals surface area (Å²) in [5, 5.41) is 0. The third-order valence-electron chi connectivity index (χ3n) is 4.22. The zero-order chi connectivity index (χ0) is 16.1. The van der Waals surface area contributed by atoms with Crippen LogP contribution in [-0.4, -0.2) is 39.2 Å². The molecule has 5 heteroatoms. The van der Waals surface area contributed by atoms with Crippen LogP contribution in [0.4, 0.5) is 0 Å². The summed E-state index contributed by atoms with van der Waals surface area (Å²) in [7, 11) is 0. The molecule has 122 valence electrons. The Morgan fingerprint density at radius 1 is 1.32 bits per heavy atom. The van der Waals surface area contributed by atoms with Crippen LogP contribution in [0.25, 0.3) is 0 Å². The van der Waals surface area contributed by atoms with Gasteiger partial charge in [0.2, 0.25) is 5.91 Å².